The van der Waals surface area contributed by atoms with E-state index in [-0.39, 0.29) is 11.9 Å². The van der Waals surface area contributed by atoms with Crippen LogP contribution in [0.4, 0.5) is 5.69 Å². The van der Waals surface area contributed by atoms with Gasteiger partial charge in [0.25, 0.3) is 0 Å². The van der Waals surface area contributed by atoms with Gasteiger partial charge in [0.05, 0.1) is 11.3 Å². The first-order valence-corrected chi connectivity index (χ1v) is 4.20. The summed E-state index contributed by atoms with van der Waals surface area (Å²) in [5.41, 5.74) is 7.87. The maximum absolute atomic E-state index is 11.5. The van der Waals surface area contributed by atoms with E-state index in [0.29, 0.717) is 17.0 Å². The molecule has 1 heterocycles. The van der Waals surface area contributed by atoms with Gasteiger partial charge in [-0.15, -0.1) is 0 Å². The highest BCUT2D eigenvalue weighted by Crippen LogP contribution is 2.35. The van der Waals surface area contributed by atoms with E-state index in [9.17, 15) is 4.79 Å². The quantitative estimate of drug-likeness (QED) is 0.611. The molecule has 2 rings (SSSR count). The predicted molar refractivity (Wildman–Crippen MR) is 50.0 cm³/mol. The number of hydrogen-bond acceptors (Lipinski definition) is 3. The molecule has 68 valence electrons. The molecule has 0 spiro atoms. The van der Waals surface area contributed by atoms with Crippen LogP contribution in [0.5, 0.6) is 5.75 Å². The number of benzene rings is 1. The van der Waals surface area contributed by atoms with E-state index >= 15 is 0 Å². The first kappa shape index (κ1) is 8.10. The third-order valence-electron chi connectivity index (χ3n) is 2.19. The number of ether oxygens (including phenoxy) is 1. The van der Waals surface area contributed by atoms with E-state index in [1.54, 1.807) is 6.92 Å². The zero-order valence-electron chi connectivity index (χ0n) is 7.63. The summed E-state index contributed by atoms with van der Waals surface area (Å²) < 4.78 is 5.33. The lowest BCUT2D eigenvalue weighted by Crippen LogP contribution is -2.14. The lowest BCUT2D eigenvalue weighted by atomic mass is 10.1. The Kier molecular flexibility index (Phi) is 1.55. The van der Waals surface area contributed by atoms with Crippen LogP contribution in [0.15, 0.2) is 12.1 Å². The number of carbonyl (C=O) groups excluding carboxylic acids is 1. The number of hydrogen-bond donors (Lipinski definition) is 1. The molecule has 0 aliphatic carbocycles. The van der Waals surface area contributed by atoms with Crippen molar-refractivity contribution in [3.8, 4) is 5.75 Å². The van der Waals surface area contributed by atoms with Crippen molar-refractivity contribution in [1.29, 1.82) is 0 Å². The molecule has 1 aliphatic heterocycles. The Morgan fingerprint density at radius 2 is 2.15 bits per heavy atom. The van der Waals surface area contributed by atoms with Crippen molar-refractivity contribution in [3.63, 3.8) is 0 Å². The smallest absolute Gasteiger partial charge is 0.206 e. The largest absolute Gasteiger partial charge is 0.480 e. The Morgan fingerprint density at radius 1 is 1.46 bits per heavy atom. The van der Waals surface area contributed by atoms with Crippen LogP contribution in [0.1, 0.15) is 22.8 Å². The molecule has 1 aliphatic rings. The maximum Gasteiger partial charge on any atom is 0.206 e. The Balaban J connectivity index is 2.64. The fourth-order valence-corrected chi connectivity index (χ4v) is 1.57. The van der Waals surface area contributed by atoms with E-state index < -0.39 is 0 Å². The van der Waals surface area contributed by atoms with Crippen LogP contribution in [0, 0.1) is 6.92 Å². The molecule has 3 nitrogen and oxygen atoms in total. The van der Waals surface area contributed by atoms with Crippen LogP contribution in [-0.2, 0) is 0 Å². The Morgan fingerprint density at radius 3 is 2.85 bits per heavy atom. The standard InChI is InChI=1S/C10H11NO2/c1-5-3-7-9(12)6(2)13-10(7)8(11)4-5/h3-4,6H,11H2,1-2H3. The normalized spacial score (nSPS) is 19.8. The second-order valence-electron chi connectivity index (χ2n) is 3.36. The van der Waals surface area contributed by atoms with Crippen molar-refractivity contribution < 1.29 is 9.53 Å². The molecule has 1 aromatic rings. The van der Waals surface area contributed by atoms with Crippen molar-refractivity contribution >= 4 is 11.5 Å². The number of anilines is 1. The molecular formula is C10H11NO2. The Bertz CT molecular complexity index is 385. The van der Waals surface area contributed by atoms with Crippen molar-refractivity contribution in [3.05, 3.63) is 23.3 Å². The molecule has 0 bridgehead atoms. The lowest BCUT2D eigenvalue weighted by molar-refractivity contribution is 0.0879. The van der Waals surface area contributed by atoms with E-state index in [0.717, 1.165) is 5.56 Å². The van der Waals surface area contributed by atoms with Gasteiger partial charge in [-0.2, -0.15) is 0 Å². The highest BCUT2D eigenvalue weighted by atomic mass is 16.5. The third kappa shape index (κ3) is 1.08. The van der Waals surface area contributed by atoms with Crippen molar-refractivity contribution in [2.45, 2.75) is 20.0 Å². The van der Waals surface area contributed by atoms with Gasteiger partial charge in [0.2, 0.25) is 5.78 Å². The van der Waals surface area contributed by atoms with Crippen molar-refractivity contribution in [2.24, 2.45) is 0 Å². The summed E-state index contributed by atoms with van der Waals surface area (Å²) in [7, 11) is 0. The van der Waals surface area contributed by atoms with Crippen LogP contribution in [0.25, 0.3) is 0 Å². The number of nitrogens with two attached hydrogens (primary N) is 1. The van der Waals surface area contributed by atoms with Crippen LogP contribution < -0.4 is 10.5 Å². The summed E-state index contributed by atoms with van der Waals surface area (Å²) in [5.74, 6) is 0.563. The molecular weight excluding hydrogens is 166 g/mol. The second kappa shape index (κ2) is 2.49. The number of aryl methyl sites for hydroxylation is 1. The minimum atomic E-state index is -0.390. The third-order valence-corrected chi connectivity index (χ3v) is 2.19. The molecule has 1 aromatic carbocycles. The van der Waals surface area contributed by atoms with Crippen LogP contribution in [0.2, 0.25) is 0 Å². The van der Waals surface area contributed by atoms with E-state index in [1.807, 2.05) is 19.1 Å². The van der Waals surface area contributed by atoms with Gasteiger partial charge in [-0.25, -0.2) is 0 Å². The average Bonchev–Trinajstić information content (AvgIpc) is 2.32. The number of nitrogen functional groups attached to an aromatic ring is 1. The molecule has 0 radical (unpaired) electrons. The second-order valence-corrected chi connectivity index (χ2v) is 3.36. The highest BCUT2D eigenvalue weighted by molar-refractivity contribution is 6.06. The monoisotopic (exact) mass is 177 g/mol. The SMILES string of the molecule is Cc1cc(N)c2c(c1)C(=O)C(C)O2. The molecule has 1 unspecified atom stereocenters. The predicted octanol–water partition coefficient (Wildman–Crippen LogP) is 1.54. The Labute approximate surface area is 76.5 Å². The number of ketones is 1. The molecule has 0 fully saturated rings. The minimum Gasteiger partial charge on any atom is -0.480 e. The van der Waals surface area contributed by atoms with Gasteiger partial charge >= 0.3 is 0 Å². The van der Waals surface area contributed by atoms with Crippen LogP contribution in [-0.4, -0.2) is 11.9 Å². The van der Waals surface area contributed by atoms with E-state index in [2.05, 4.69) is 0 Å². The summed E-state index contributed by atoms with van der Waals surface area (Å²) in [4.78, 5) is 11.5. The van der Waals surface area contributed by atoms with Gasteiger partial charge in [0.15, 0.2) is 11.9 Å². The van der Waals surface area contributed by atoms with Crippen LogP contribution >= 0.6 is 0 Å². The van der Waals surface area contributed by atoms with Gasteiger partial charge < -0.3 is 10.5 Å². The first-order valence-electron chi connectivity index (χ1n) is 4.20. The molecule has 13 heavy (non-hydrogen) atoms. The fourth-order valence-electron chi connectivity index (χ4n) is 1.57. The van der Waals surface area contributed by atoms with Crippen molar-refractivity contribution in [2.75, 3.05) is 5.73 Å². The lowest BCUT2D eigenvalue weighted by Gasteiger charge is -2.04. The molecule has 0 aromatic heterocycles. The molecule has 2 N–H and O–H groups in total. The zero-order valence-corrected chi connectivity index (χ0v) is 7.63. The van der Waals surface area contributed by atoms with Crippen molar-refractivity contribution in [1.82, 2.24) is 0 Å². The number of rotatable bonds is 0. The van der Waals surface area contributed by atoms with Crippen LogP contribution in [0.3, 0.4) is 0 Å². The molecule has 0 saturated carbocycles. The van der Waals surface area contributed by atoms with Gasteiger partial charge in [0, 0.05) is 0 Å². The molecule has 1 atom stereocenters. The van der Waals surface area contributed by atoms with Gasteiger partial charge in [-0.1, -0.05) is 0 Å². The maximum atomic E-state index is 11.5. The van der Waals surface area contributed by atoms with Gasteiger partial charge in [-0.3, -0.25) is 4.79 Å². The highest BCUT2D eigenvalue weighted by Gasteiger charge is 2.30. The number of Topliss-reactive ketones (excluding diaryl/α,β-unsaturated/α-hetero) is 1. The number of fused-ring (bicyclic) bond motifs is 1. The Hall–Kier alpha value is -1.51. The summed E-state index contributed by atoms with van der Waals surface area (Å²) in [6, 6.07) is 3.63. The van der Waals surface area contributed by atoms with Gasteiger partial charge in [-0.05, 0) is 31.5 Å². The molecule has 0 amide bonds. The summed E-state index contributed by atoms with van der Waals surface area (Å²) >= 11 is 0. The summed E-state index contributed by atoms with van der Waals surface area (Å²) in [6.07, 6.45) is -0.390. The van der Waals surface area contributed by atoms with E-state index in [1.165, 1.54) is 0 Å². The minimum absolute atomic E-state index is 0.0189. The fraction of sp³-hybridized carbons (Fsp3) is 0.300. The average molecular weight is 177 g/mol. The van der Waals surface area contributed by atoms with Gasteiger partial charge in [0.1, 0.15) is 0 Å². The number of carbonyl (C=O) groups is 1. The first-order chi connectivity index (χ1) is 6.09. The van der Waals surface area contributed by atoms with E-state index in [4.69, 9.17) is 10.5 Å². The summed E-state index contributed by atoms with van der Waals surface area (Å²) in [5, 5.41) is 0. The molecule has 3 heteroatoms. The zero-order chi connectivity index (χ0) is 9.59. The summed E-state index contributed by atoms with van der Waals surface area (Å²) in [6.45, 7) is 3.64. The molecule has 0 saturated heterocycles. The topological polar surface area (TPSA) is 52.3 Å².